The number of fused-ring (bicyclic) bond motifs is 1. The molecule has 1 saturated heterocycles. The highest BCUT2D eigenvalue weighted by Gasteiger charge is 2.13. The van der Waals surface area contributed by atoms with Crippen molar-refractivity contribution in [3.63, 3.8) is 0 Å². The Morgan fingerprint density at radius 1 is 1.12 bits per heavy atom. The molecule has 32 heavy (non-hydrogen) atoms. The maximum atomic E-state index is 12.9. The van der Waals surface area contributed by atoms with Gasteiger partial charge in [0.05, 0.1) is 37.1 Å². The van der Waals surface area contributed by atoms with E-state index in [9.17, 15) is 9.59 Å². The van der Waals surface area contributed by atoms with Gasteiger partial charge in [-0.2, -0.15) is 0 Å². The van der Waals surface area contributed by atoms with E-state index in [0.717, 1.165) is 23.0 Å². The zero-order valence-electron chi connectivity index (χ0n) is 18.0. The first-order chi connectivity index (χ1) is 15.5. The van der Waals surface area contributed by atoms with E-state index < -0.39 is 0 Å². The van der Waals surface area contributed by atoms with Gasteiger partial charge in [0, 0.05) is 23.0 Å². The van der Waals surface area contributed by atoms with Gasteiger partial charge in [-0.3, -0.25) is 14.2 Å². The topological polar surface area (TPSA) is 71.3 Å². The molecule has 0 aliphatic carbocycles. The lowest BCUT2D eigenvalue weighted by atomic mass is 10.1. The summed E-state index contributed by atoms with van der Waals surface area (Å²) in [6.45, 7) is 4.68. The average Bonchev–Trinajstić information content (AvgIpc) is 2.81. The van der Waals surface area contributed by atoms with Crippen LogP contribution in [0.2, 0.25) is 0 Å². The standard InChI is InChI=1S/C24H27BrN4O2S/c25-19-9-10-21-20(15-19)23(31)29(24(32)27-21)16-17-5-7-18(8-6-17)22(30)26-11-4-14-28-12-2-1-3-13-28/h5-10,15H,1-4,11-14,16H2,(H,26,30)(H,27,32)/p+1. The van der Waals surface area contributed by atoms with Gasteiger partial charge in [-0.25, -0.2) is 0 Å². The number of likely N-dealkylation sites (tertiary alicyclic amines) is 1. The van der Waals surface area contributed by atoms with Crippen LogP contribution < -0.4 is 15.8 Å². The van der Waals surface area contributed by atoms with Gasteiger partial charge < -0.3 is 15.2 Å². The Labute approximate surface area is 200 Å². The molecule has 0 atom stereocenters. The summed E-state index contributed by atoms with van der Waals surface area (Å²) in [6.07, 6.45) is 5.00. The summed E-state index contributed by atoms with van der Waals surface area (Å²) in [6, 6.07) is 12.8. The second-order valence-electron chi connectivity index (χ2n) is 8.38. The molecule has 0 bridgehead atoms. The minimum atomic E-state index is -0.136. The van der Waals surface area contributed by atoms with Crippen LogP contribution in [-0.2, 0) is 6.54 Å². The Morgan fingerprint density at radius 3 is 2.62 bits per heavy atom. The number of aromatic amines is 1. The van der Waals surface area contributed by atoms with E-state index in [4.69, 9.17) is 12.2 Å². The molecule has 168 valence electrons. The maximum absolute atomic E-state index is 12.9. The van der Waals surface area contributed by atoms with Crippen LogP contribution in [-0.4, -0.2) is 41.6 Å². The number of quaternary nitrogens is 1. The molecule has 1 amide bonds. The van der Waals surface area contributed by atoms with E-state index in [-0.39, 0.29) is 11.5 Å². The summed E-state index contributed by atoms with van der Waals surface area (Å²) in [4.78, 5) is 30.2. The van der Waals surface area contributed by atoms with Crippen LogP contribution >= 0.6 is 28.1 Å². The van der Waals surface area contributed by atoms with Crippen LogP contribution in [0.4, 0.5) is 0 Å². The van der Waals surface area contributed by atoms with Crippen molar-refractivity contribution in [2.45, 2.75) is 32.2 Å². The predicted octanol–water partition coefficient (Wildman–Crippen LogP) is 3.06. The zero-order valence-corrected chi connectivity index (χ0v) is 20.4. The monoisotopic (exact) mass is 515 g/mol. The van der Waals surface area contributed by atoms with Crippen LogP contribution in [0, 0.1) is 4.77 Å². The molecule has 1 aliphatic heterocycles. The number of benzene rings is 2. The number of piperidine rings is 1. The number of halogens is 1. The molecule has 0 saturated carbocycles. The highest BCUT2D eigenvalue weighted by Crippen LogP contribution is 2.16. The summed E-state index contributed by atoms with van der Waals surface area (Å²) in [5, 5.41) is 3.60. The van der Waals surface area contributed by atoms with E-state index in [2.05, 4.69) is 26.2 Å². The molecule has 1 fully saturated rings. The maximum Gasteiger partial charge on any atom is 0.262 e. The number of carbonyl (C=O) groups excluding carboxylic acids is 1. The molecule has 1 aliphatic rings. The molecule has 0 spiro atoms. The van der Waals surface area contributed by atoms with Gasteiger partial charge in [0.25, 0.3) is 11.5 Å². The highest BCUT2D eigenvalue weighted by molar-refractivity contribution is 9.10. The van der Waals surface area contributed by atoms with Gasteiger partial charge >= 0.3 is 0 Å². The van der Waals surface area contributed by atoms with Gasteiger partial charge in [-0.05, 0) is 67.4 Å². The molecule has 2 heterocycles. The summed E-state index contributed by atoms with van der Waals surface area (Å²) >= 11 is 8.82. The van der Waals surface area contributed by atoms with Crippen LogP contribution in [0.5, 0.6) is 0 Å². The first-order valence-electron chi connectivity index (χ1n) is 11.1. The fraction of sp³-hybridized carbons (Fsp3) is 0.375. The predicted molar refractivity (Wildman–Crippen MR) is 133 cm³/mol. The van der Waals surface area contributed by atoms with Crippen molar-refractivity contribution < 1.29 is 9.69 Å². The molecule has 2 aromatic carbocycles. The first-order valence-corrected chi connectivity index (χ1v) is 12.3. The van der Waals surface area contributed by atoms with Crippen molar-refractivity contribution in [2.24, 2.45) is 0 Å². The van der Waals surface area contributed by atoms with E-state index in [1.165, 1.54) is 32.4 Å². The number of hydrogen-bond acceptors (Lipinski definition) is 3. The molecule has 3 N–H and O–H groups in total. The number of amides is 1. The van der Waals surface area contributed by atoms with Crippen molar-refractivity contribution in [3.8, 4) is 0 Å². The molecule has 3 aromatic rings. The lowest BCUT2D eigenvalue weighted by molar-refractivity contribution is -0.904. The van der Waals surface area contributed by atoms with E-state index in [0.29, 0.717) is 34.3 Å². The Bertz CT molecular complexity index is 1210. The number of H-pyrrole nitrogens is 1. The van der Waals surface area contributed by atoms with Gasteiger partial charge in [0.2, 0.25) is 0 Å². The van der Waals surface area contributed by atoms with Crippen molar-refractivity contribution >= 4 is 45.0 Å². The number of aromatic nitrogens is 2. The quantitative estimate of drug-likeness (QED) is 0.334. The van der Waals surface area contributed by atoms with Crippen LogP contribution in [0.1, 0.15) is 41.6 Å². The van der Waals surface area contributed by atoms with E-state index >= 15 is 0 Å². The molecule has 0 radical (unpaired) electrons. The fourth-order valence-corrected chi connectivity index (χ4v) is 4.87. The van der Waals surface area contributed by atoms with Crippen molar-refractivity contribution in [1.29, 1.82) is 0 Å². The molecule has 4 rings (SSSR count). The fourth-order valence-electron chi connectivity index (χ4n) is 4.25. The number of nitrogens with one attached hydrogen (secondary N) is 3. The third kappa shape index (κ3) is 5.54. The van der Waals surface area contributed by atoms with Crippen LogP contribution in [0.25, 0.3) is 10.9 Å². The van der Waals surface area contributed by atoms with Crippen molar-refractivity contribution in [3.05, 3.63) is 73.2 Å². The zero-order chi connectivity index (χ0) is 22.5. The first kappa shape index (κ1) is 22.9. The van der Waals surface area contributed by atoms with Gasteiger partial charge in [-0.1, -0.05) is 28.1 Å². The molecular formula is C24H28BrN4O2S+. The summed E-state index contributed by atoms with van der Waals surface area (Å²) in [5.74, 6) is -0.0600. The molecular weight excluding hydrogens is 488 g/mol. The highest BCUT2D eigenvalue weighted by atomic mass is 79.9. The summed E-state index contributed by atoms with van der Waals surface area (Å²) in [5.41, 5.74) is 2.11. The largest absolute Gasteiger partial charge is 0.352 e. The molecule has 0 unspecified atom stereocenters. The number of carbonyl (C=O) groups is 1. The van der Waals surface area contributed by atoms with Crippen molar-refractivity contribution in [2.75, 3.05) is 26.2 Å². The van der Waals surface area contributed by atoms with Crippen molar-refractivity contribution in [1.82, 2.24) is 14.9 Å². The second-order valence-corrected chi connectivity index (χ2v) is 9.68. The Kier molecular flexibility index (Phi) is 7.55. The Balaban J connectivity index is 1.37. The van der Waals surface area contributed by atoms with Gasteiger partial charge in [-0.15, -0.1) is 0 Å². The smallest absolute Gasteiger partial charge is 0.262 e. The second kappa shape index (κ2) is 10.6. The molecule has 1 aromatic heterocycles. The van der Waals surface area contributed by atoms with Gasteiger partial charge in [0.15, 0.2) is 4.77 Å². The van der Waals surface area contributed by atoms with Gasteiger partial charge in [0.1, 0.15) is 0 Å². The third-order valence-electron chi connectivity index (χ3n) is 6.05. The van der Waals surface area contributed by atoms with Crippen LogP contribution in [0.3, 0.4) is 0 Å². The average molecular weight is 516 g/mol. The number of rotatable bonds is 7. The Morgan fingerprint density at radius 2 is 1.88 bits per heavy atom. The van der Waals surface area contributed by atoms with E-state index in [1.54, 1.807) is 27.7 Å². The van der Waals surface area contributed by atoms with E-state index in [1.807, 2.05) is 24.3 Å². The Hall–Kier alpha value is -2.29. The number of hydrogen-bond donors (Lipinski definition) is 3. The molecule has 6 nitrogen and oxygen atoms in total. The lowest BCUT2D eigenvalue weighted by Crippen LogP contribution is -3.12. The van der Waals surface area contributed by atoms with Crippen LogP contribution in [0.15, 0.2) is 51.7 Å². The SMILES string of the molecule is O=C(NCCC[NH+]1CCCCC1)c1ccc(Cn2c(=S)[nH]c3ccc(Br)cc3c2=O)cc1. The minimum Gasteiger partial charge on any atom is -0.352 e. The minimum absolute atomic E-state index is 0.0600. The lowest BCUT2D eigenvalue weighted by Gasteiger charge is -2.23. The summed E-state index contributed by atoms with van der Waals surface area (Å²) < 4.78 is 2.76. The molecule has 8 heteroatoms. The third-order valence-corrected chi connectivity index (χ3v) is 6.87. The normalized spacial score (nSPS) is 14.5. The number of nitrogens with zero attached hydrogens (tertiary/aromatic N) is 1. The summed E-state index contributed by atoms with van der Waals surface area (Å²) in [7, 11) is 0.